The predicted molar refractivity (Wildman–Crippen MR) is 228 cm³/mol. The van der Waals surface area contributed by atoms with Gasteiger partial charge >= 0.3 is 0 Å². The van der Waals surface area contributed by atoms with Crippen molar-refractivity contribution in [2.45, 2.75) is 58.3 Å². The van der Waals surface area contributed by atoms with Gasteiger partial charge in [-0.2, -0.15) is 0 Å². The van der Waals surface area contributed by atoms with Gasteiger partial charge in [-0.25, -0.2) is 9.97 Å². The highest BCUT2D eigenvalue weighted by Gasteiger charge is 2.46. The molecule has 1 saturated carbocycles. The van der Waals surface area contributed by atoms with Gasteiger partial charge in [0.25, 0.3) is 0 Å². The van der Waals surface area contributed by atoms with Crippen LogP contribution in [-0.4, -0.2) is 9.97 Å². The fourth-order valence-electron chi connectivity index (χ4n) is 11.5. The molecular formula is C53H52N2. The predicted octanol–water partition coefficient (Wildman–Crippen LogP) is 11.1. The fraction of sp³-hybridized carbons (Fsp3) is 0.321. The van der Waals surface area contributed by atoms with Gasteiger partial charge in [0.2, 0.25) is 0 Å². The average Bonchev–Trinajstić information content (AvgIpc) is 3.26. The van der Waals surface area contributed by atoms with Crippen molar-refractivity contribution in [3.8, 4) is 11.1 Å². The number of nitrogens with zero attached hydrogens (tertiary/aromatic N) is 2. The topological polar surface area (TPSA) is 25.8 Å². The van der Waals surface area contributed by atoms with Crippen LogP contribution in [0.5, 0.6) is 0 Å². The summed E-state index contributed by atoms with van der Waals surface area (Å²) in [6.07, 6.45) is 48.0. The third-order valence-corrected chi connectivity index (χ3v) is 14.0. The molecule has 8 atom stereocenters. The summed E-state index contributed by atoms with van der Waals surface area (Å²) >= 11 is 0. The molecule has 3 aromatic rings. The van der Waals surface area contributed by atoms with Crippen LogP contribution in [0.2, 0.25) is 0 Å². The van der Waals surface area contributed by atoms with E-state index in [9.17, 15) is 0 Å². The second-order valence-corrected chi connectivity index (χ2v) is 16.8. The maximum absolute atomic E-state index is 4.82. The highest BCUT2D eigenvalue weighted by Crippen LogP contribution is 2.54. The molecule has 0 bridgehead atoms. The van der Waals surface area contributed by atoms with Crippen LogP contribution in [0.1, 0.15) is 64.1 Å². The van der Waals surface area contributed by atoms with Crippen molar-refractivity contribution in [1.29, 1.82) is 0 Å². The number of benzene rings is 2. The van der Waals surface area contributed by atoms with E-state index >= 15 is 0 Å². The van der Waals surface area contributed by atoms with Gasteiger partial charge in [-0.05, 0) is 148 Å². The van der Waals surface area contributed by atoms with Gasteiger partial charge in [0.15, 0.2) is 5.82 Å². The maximum atomic E-state index is 4.82. The Morgan fingerprint density at radius 2 is 1.62 bits per heavy atom. The molecule has 1 aromatic heterocycles. The molecule has 0 saturated heterocycles. The molecular weight excluding hydrogens is 665 g/mol. The molecule has 274 valence electrons. The Morgan fingerprint density at radius 3 is 2.44 bits per heavy atom. The van der Waals surface area contributed by atoms with E-state index in [1.807, 2.05) is 18.5 Å². The van der Waals surface area contributed by atoms with E-state index in [1.54, 1.807) is 5.57 Å². The third kappa shape index (κ3) is 6.28. The van der Waals surface area contributed by atoms with Gasteiger partial charge in [0.1, 0.15) is 0 Å². The third-order valence-electron chi connectivity index (χ3n) is 14.0. The van der Waals surface area contributed by atoms with Crippen LogP contribution in [0.15, 0.2) is 174 Å². The first-order valence-electron chi connectivity index (χ1n) is 21.1. The summed E-state index contributed by atoms with van der Waals surface area (Å²) in [5, 5.41) is 2.54. The highest BCUT2D eigenvalue weighted by atomic mass is 14.9. The van der Waals surface area contributed by atoms with E-state index in [0.717, 1.165) is 55.2 Å². The SMILES string of the molecule is CCC=C1C=CC(C2C=CC(C3C=CC(C4=c5ccc(-c6ccccc6)cc5=C(c5ncccn5)C5CC=CC=C45)=CC3)=CC2)C2CCC3CC=CCC3C12. The summed E-state index contributed by atoms with van der Waals surface area (Å²) in [4.78, 5) is 9.63. The van der Waals surface area contributed by atoms with Gasteiger partial charge in [0, 0.05) is 29.8 Å². The molecule has 1 heterocycles. The smallest absolute Gasteiger partial charge is 0.156 e. The molecule has 0 aliphatic heterocycles. The van der Waals surface area contributed by atoms with E-state index in [1.165, 1.54) is 75.1 Å². The molecule has 55 heavy (non-hydrogen) atoms. The summed E-state index contributed by atoms with van der Waals surface area (Å²) in [5.74, 6) is 5.92. The van der Waals surface area contributed by atoms with Crippen molar-refractivity contribution in [3.63, 3.8) is 0 Å². The molecule has 10 rings (SSSR count). The van der Waals surface area contributed by atoms with E-state index in [0.29, 0.717) is 17.8 Å². The molecule has 7 aliphatic carbocycles. The summed E-state index contributed by atoms with van der Waals surface area (Å²) in [5.41, 5.74) is 10.9. The van der Waals surface area contributed by atoms with Crippen molar-refractivity contribution in [1.82, 2.24) is 9.97 Å². The van der Waals surface area contributed by atoms with E-state index in [2.05, 4.69) is 141 Å². The van der Waals surface area contributed by atoms with Crippen molar-refractivity contribution >= 4 is 11.1 Å². The molecule has 0 spiro atoms. The van der Waals surface area contributed by atoms with E-state index in [-0.39, 0.29) is 5.92 Å². The standard InChI is InChI=1S/C53H52N2/c1-2-11-40-27-29-43(47-30-26-38-14-6-7-15-44(38)50(40)47)39-22-18-36(19-23-39)37-20-24-41(25-21-37)51-45-16-8-9-17-46(45)52(53-54-32-10-33-55-53)49-34-42(28-31-48(49)51)35-12-4-3-5-13-35/h3-13,16,18-20,22,24-25,27-29,31-34,37-39,43-44,46-47,50H,2,14-15,17,21,23,26,30H2,1H3. The van der Waals surface area contributed by atoms with Crippen molar-refractivity contribution in [2.24, 2.45) is 47.3 Å². The van der Waals surface area contributed by atoms with E-state index < -0.39 is 0 Å². The molecule has 8 unspecified atom stereocenters. The Labute approximate surface area is 327 Å². The first kappa shape index (κ1) is 34.4. The lowest BCUT2D eigenvalue weighted by molar-refractivity contribution is 0.0710. The summed E-state index contributed by atoms with van der Waals surface area (Å²) < 4.78 is 0. The van der Waals surface area contributed by atoms with Gasteiger partial charge < -0.3 is 0 Å². The van der Waals surface area contributed by atoms with Crippen LogP contribution in [0.3, 0.4) is 0 Å². The number of allylic oxidation sites excluding steroid dienone is 18. The van der Waals surface area contributed by atoms with Crippen molar-refractivity contribution in [3.05, 3.63) is 191 Å². The van der Waals surface area contributed by atoms with Crippen LogP contribution in [0, 0.1) is 47.3 Å². The monoisotopic (exact) mass is 716 g/mol. The zero-order valence-electron chi connectivity index (χ0n) is 32.1. The minimum Gasteiger partial charge on any atom is -0.237 e. The quantitative estimate of drug-likeness (QED) is 0.237. The Balaban J connectivity index is 0.947. The summed E-state index contributed by atoms with van der Waals surface area (Å²) in [7, 11) is 0. The Morgan fingerprint density at radius 1 is 0.727 bits per heavy atom. The number of hydrogen-bond acceptors (Lipinski definition) is 2. The van der Waals surface area contributed by atoms with Crippen LogP contribution in [0.4, 0.5) is 0 Å². The molecule has 0 amide bonds. The lowest BCUT2D eigenvalue weighted by Crippen LogP contribution is -2.42. The van der Waals surface area contributed by atoms with Crippen LogP contribution < -0.4 is 10.4 Å². The maximum Gasteiger partial charge on any atom is 0.156 e. The number of fused-ring (bicyclic) bond motifs is 5. The molecule has 0 N–H and O–H groups in total. The molecule has 2 aromatic carbocycles. The normalized spacial score (nSPS) is 31.2. The summed E-state index contributed by atoms with van der Waals surface area (Å²) in [6, 6.07) is 19.7. The van der Waals surface area contributed by atoms with Crippen LogP contribution in [-0.2, 0) is 0 Å². The second-order valence-electron chi connectivity index (χ2n) is 16.8. The number of aromatic nitrogens is 2. The Kier molecular flexibility index (Phi) is 9.30. The van der Waals surface area contributed by atoms with Crippen molar-refractivity contribution in [2.75, 3.05) is 0 Å². The number of hydrogen-bond donors (Lipinski definition) is 0. The van der Waals surface area contributed by atoms with Gasteiger partial charge in [0.05, 0.1) is 0 Å². The Hall–Kier alpha value is -5.08. The summed E-state index contributed by atoms with van der Waals surface area (Å²) in [6.45, 7) is 2.31. The van der Waals surface area contributed by atoms with Crippen LogP contribution >= 0.6 is 0 Å². The Bertz CT molecular complexity index is 2380. The molecule has 2 heteroatoms. The average molecular weight is 717 g/mol. The van der Waals surface area contributed by atoms with Crippen molar-refractivity contribution < 1.29 is 0 Å². The van der Waals surface area contributed by atoms with Gasteiger partial charge in [-0.3, -0.25) is 0 Å². The molecule has 7 aliphatic rings. The minimum absolute atomic E-state index is 0.209. The first-order chi connectivity index (χ1) is 27.2. The lowest BCUT2D eigenvalue weighted by Gasteiger charge is -2.50. The number of rotatable bonds is 6. The van der Waals surface area contributed by atoms with Crippen LogP contribution in [0.25, 0.3) is 22.3 Å². The highest BCUT2D eigenvalue weighted by molar-refractivity contribution is 5.89. The zero-order chi connectivity index (χ0) is 36.7. The van der Waals surface area contributed by atoms with Gasteiger partial charge in [-0.15, -0.1) is 0 Å². The largest absolute Gasteiger partial charge is 0.237 e. The molecule has 0 radical (unpaired) electrons. The molecule has 1 fully saturated rings. The molecule has 2 nitrogen and oxygen atoms in total. The minimum atomic E-state index is 0.209. The first-order valence-corrected chi connectivity index (χ1v) is 21.1. The second kappa shape index (κ2) is 14.9. The fourth-order valence-corrected chi connectivity index (χ4v) is 11.5. The van der Waals surface area contributed by atoms with E-state index in [4.69, 9.17) is 9.97 Å². The zero-order valence-corrected chi connectivity index (χ0v) is 32.1. The van der Waals surface area contributed by atoms with Gasteiger partial charge in [-0.1, -0.05) is 134 Å². The lowest BCUT2D eigenvalue weighted by atomic mass is 9.54.